The molecule has 0 saturated heterocycles. The van der Waals surface area contributed by atoms with Gasteiger partial charge in [-0.3, -0.25) is 4.79 Å². The number of ether oxygens (including phenoxy) is 1. The molecule has 0 aliphatic heterocycles. The first-order valence-corrected chi connectivity index (χ1v) is 6.09. The highest BCUT2D eigenvalue weighted by molar-refractivity contribution is 5.90. The van der Waals surface area contributed by atoms with Gasteiger partial charge in [-0.05, 0) is 29.8 Å². The van der Waals surface area contributed by atoms with Crippen LogP contribution in [0.15, 0.2) is 54.6 Å². The number of para-hydroxylation sites is 1. The number of nitrogens with two attached hydrogens (primary N) is 1. The SMILES string of the molecule is NC(=O)/C=C/c1ccccc1OCc1ccc(F)cc1. The number of carbonyl (C=O) groups is 1. The molecular formula is C16H14FNO2. The fraction of sp³-hybridized carbons (Fsp3) is 0.0625. The molecular weight excluding hydrogens is 257 g/mol. The lowest BCUT2D eigenvalue weighted by atomic mass is 10.2. The molecule has 0 unspecified atom stereocenters. The lowest BCUT2D eigenvalue weighted by Gasteiger charge is -2.09. The number of halogens is 1. The summed E-state index contributed by atoms with van der Waals surface area (Å²) in [4.78, 5) is 10.8. The molecule has 0 saturated carbocycles. The summed E-state index contributed by atoms with van der Waals surface area (Å²) in [7, 11) is 0. The molecule has 0 aliphatic rings. The average Bonchev–Trinajstić information content (AvgIpc) is 2.45. The van der Waals surface area contributed by atoms with E-state index in [2.05, 4.69) is 0 Å². The van der Waals surface area contributed by atoms with Crippen LogP contribution < -0.4 is 10.5 Å². The average molecular weight is 271 g/mol. The maximum atomic E-state index is 12.8. The Morgan fingerprint density at radius 3 is 2.55 bits per heavy atom. The van der Waals surface area contributed by atoms with E-state index in [1.165, 1.54) is 18.2 Å². The van der Waals surface area contributed by atoms with E-state index in [-0.39, 0.29) is 5.82 Å². The highest BCUT2D eigenvalue weighted by Gasteiger charge is 2.01. The summed E-state index contributed by atoms with van der Waals surface area (Å²) in [5.41, 5.74) is 6.69. The van der Waals surface area contributed by atoms with E-state index in [1.807, 2.05) is 18.2 Å². The molecule has 0 bridgehead atoms. The molecule has 0 radical (unpaired) electrons. The van der Waals surface area contributed by atoms with Crippen LogP contribution in [0.1, 0.15) is 11.1 Å². The van der Waals surface area contributed by atoms with Crippen LogP contribution in [0.2, 0.25) is 0 Å². The lowest BCUT2D eigenvalue weighted by Crippen LogP contribution is -2.05. The van der Waals surface area contributed by atoms with Crippen molar-refractivity contribution in [3.05, 3.63) is 71.6 Å². The maximum absolute atomic E-state index is 12.8. The summed E-state index contributed by atoms with van der Waals surface area (Å²) >= 11 is 0. The predicted molar refractivity (Wildman–Crippen MR) is 75.4 cm³/mol. The minimum atomic E-state index is -0.515. The Bertz CT molecular complexity index is 621. The fourth-order valence-electron chi connectivity index (χ4n) is 1.66. The predicted octanol–water partition coefficient (Wildman–Crippen LogP) is 2.90. The highest BCUT2D eigenvalue weighted by Crippen LogP contribution is 2.20. The third-order valence-corrected chi connectivity index (χ3v) is 2.65. The third-order valence-electron chi connectivity index (χ3n) is 2.65. The van der Waals surface area contributed by atoms with E-state index in [9.17, 15) is 9.18 Å². The van der Waals surface area contributed by atoms with Gasteiger partial charge in [-0.25, -0.2) is 4.39 Å². The summed E-state index contributed by atoms with van der Waals surface area (Å²) in [6.45, 7) is 0.321. The zero-order valence-corrected chi connectivity index (χ0v) is 10.8. The Labute approximate surface area is 116 Å². The first-order valence-electron chi connectivity index (χ1n) is 6.09. The molecule has 2 N–H and O–H groups in total. The fourth-order valence-corrected chi connectivity index (χ4v) is 1.66. The quantitative estimate of drug-likeness (QED) is 0.850. The van der Waals surface area contributed by atoms with E-state index >= 15 is 0 Å². The van der Waals surface area contributed by atoms with Gasteiger partial charge in [0.15, 0.2) is 0 Å². The normalized spacial score (nSPS) is 10.7. The molecule has 3 nitrogen and oxygen atoms in total. The second kappa shape index (κ2) is 6.52. The van der Waals surface area contributed by atoms with Gasteiger partial charge in [-0.1, -0.05) is 30.3 Å². The number of carbonyl (C=O) groups excluding carboxylic acids is 1. The minimum absolute atomic E-state index is 0.279. The van der Waals surface area contributed by atoms with E-state index in [1.54, 1.807) is 24.3 Å². The van der Waals surface area contributed by atoms with Crippen molar-refractivity contribution in [2.45, 2.75) is 6.61 Å². The molecule has 2 aromatic rings. The maximum Gasteiger partial charge on any atom is 0.241 e. The van der Waals surface area contributed by atoms with Gasteiger partial charge in [-0.2, -0.15) is 0 Å². The second-order valence-corrected chi connectivity index (χ2v) is 4.19. The van der Waals surface area contributed by atoms with Crippen molar-refractivity contribution in [1.82, 2.24) is 0 Å². The van der Waals surface area contributed by atoms with Crippen LogP contribution in [0.5, 0.6) is 5.75 Å². The van der Waals surface area contributed by atoms with Crippen molar-refractivity contribution < 1.29 is 13.9 Å². The topological polar surface area (TPSA) is 52.3 Å². The van der Waals surface area contributed by atoms with Gasteiger partial charge in [0, 0.05) is 11.6 Å². The summed E-state index contributed by atoms with van der Waals surface area (Å²) < 4.78 is 18.5. The summed E-state index contributed by atoms with van der Waals surface area (Å²) in [6.07, 6.45) is 2.88. The molecule has 2 aromatic carbocycles. The van der Waals surface area contributed by atoms with Gasteiger partial charge in [-0.15, -0.1) is 0 Å². The monoisotopic (exact) mass is 271 g/mol. The van der Waals surface area contributed by atoms with Crippen LogP contribution >= 0.6 is 0 Å². The van der Waals surface area contributed by atoms with E-state index in [0.29, 0.717) is 12.4 Å². The number of benzene rings is 2. The first kappa shape index (κ1) is 13.8. The minimum Gasteiger partial charge on any atom is -0.488 e. The van der Waals surface area contributed by atoms with Gasteiger partial charge in [0.2, 0.25) is 5.91 Å². The van der Waals surface area contributed by atoms with Crippen LogP contribution in [0.4, 0.5) is 4.39 Å². The van der Waals surface area contributed by atoms with Crippen molar-refractivity contribution in [3.63, 3.8) is 0 Å². The van der Waals surface area contributed by atoms with Crippen LogP contribution in [0.3, 0.4) is 0 Å². The van der Waals surface area contributed by atoms with E-state index < -0.39 is 5.91 Å². The first-order chi connectivity index (χ1) is 9.65. The van der Waals surface area contributed by atoms with Gasteiger partial charge >= 0.3 is 0 Å². The zero-order valence-electron chi connectivity index (χ0n) is 10.8. The second-order valence-electron chi connectivity index (χ2n) is 4.19. The summed E-state index contributed by atoms with van der Waals surface area (Å²) in [6, 6.07) is 13.4. The Hall–Kier alpha value is -2.62. The number of hydrogen-bond acceptors (Lipinski definition) is 2. The molecule has 0 aromatic heterocycles. The van der Waals surface area contributed by atoms with Crippen molar-refractivity contribution in [2.24, 2.45) is 5.73 Å². The molecule has 4 heteroatoms. The number of amides is 1. The van der Waals surface area contributed by atoms with Crippen molar-refractivity contribution in [1.29, 1.82) is 0 Å². The Morgan fingerprint density at radius 2 is 1.85 bits per heavy atom. The molecule has 0 heterocycles. The standard InChI is InChI=1S/C16H14FNO2/c17-14-8-5-12(6-9-14)11-20-15-4-2-1-3-13(15)7-10-16(18)19/h1-10H,11H2,(H2,18,19)/b10-7+. The molecule has 0 atom stereocenters. The van der Waals surface area contributed by atoms with Crippen LogP contribution in [0.25, 0.3) is 6.08 Å². The molecule has 1 amide bonds. The lowest BCUT2D eigenvalue weighted by molar-refractivity contribution is -0.113. The van der Waals surface area contributed by atoms with E-state index in [4.69, 9.17) is 10.5 Å². The third kappa shape index (κ3) is 3.95. The Kier molecular flexibility index (Phi) is 4.50. The van der Waals surface area contributed by atoms with Crippen molar-refractivity contribution in [3.8, 4) is 5.75 Å². The molecule has 0 spiro atoms. The van der Waals surface area contributed by atoms with Crippen LogP contribution in [-0.4, -0.2) is 5.91 Å². The smallest absolute Gasteiger partial charge is 0.241 e. The van der Waals surface area contributed by atoms with Crippen LogP contribution in [0, 0.1) is 5.82 Å². The largest absolute Gasteiger partial charge is 0.488 e. The summed E-state index contributed by atoms with van der Waals surface area (Å²) in [5, 5.41) is 0. The molecule has 20 heavy (non-hydrogen) atoms. The number of primary amides is 1. The Morgan fingerprint density at radius 1 is 1.15 bits per heavy atom. The highest BCUT2D eigenvalue weighted by atomic mass is 19.1. The zero-order chi connectivity index (χ0) is 14.4. The molecule has 0 fully saturated rings. The summed E-state index contributed by atoms with van der Waals surface area (Å²) in [5.74, 6) is -0.161. The Balaban J connectivity index is 2.09. The van der Waals surface area contributed by atoms with Crippen molar-refractivity contribution >= 4 is 12.0 Å². The van der Waals surface area contributed by atoms with Gasteiger partial charge in [0.05, 0.1) is 0 Å². The van der Waals surface area contributed by atoms with Crippen molar-refractivity contribution in [2.75, 3.05) is 0 Å². The molecule has 0 aliphatic carbocycles. The molecule has 102 valence electrons. The van der Waals surface area contributed by atoms with Gasteiger partial charge in [0.25, 0.3) is 0 Å². The van der Waals surface area contributed by atoms with Gasteiger partial charge < -0.3 is 10.5 Å². The number of rotatable bonds is 5. The van der Waals surface area contributed by atoms with Gasteiger partial charge in [0.1, 0.15) is 18.2 Å². The number of hydrogen-bond donors (Lipinski definition) is 1. The molecule has 2 rings (SSSR count). The van der Waals surface area contributed by atoms with Crippen LogP contribution in [-0.2, 0) is 11.4 Å². The van der Waals surface area contributed by atoms with E-state index in [0.717, 1.165) is 11.1 Å².